The second-order valence-corrected chi connectivity index (χ2v) is 2.95. The number of carbonyl (C=O) groups is 1. The van der Waals surface area contributed by atoms with E-state index in [9.17, 15) is 4.79 Å². The molecule has 0 bridgehead atoms. The summed E-state index contributed by atoms with van der Waals surface area (Å²) in [6, 6.07) is 1.88. The number of carbonyl (C=O) groups excluding carboxylic acids is 1. The first-order valence-corrected chi connectivity index (χ1v) is 3.90. The maximum atomic E-state index is 11.0. The molecule has 0 spiro atoms. The van der Waals surface area contributed by atoms with Crippen molar-refractivity contribution < 1.29 is 4.79 Å². The van der Waals surface area contributed by atoms with Crippen molar-refractivity contribution in [3.05, 3.63) is 0 Å². The normalized spacial score (nSPS) is 12.2. The fourth-order valence-electron chi connectivity index (χ4n) is 0.614. The highest BCUT2D eigenvalue weighted by Crippen LogP contribution is 1.89. The lowest BCUT2D eigenvalue weighted by Crippen LogP contribution is -2.34. The molecule has 1 atom stereocenters. The zero-order valence-electron chi connectivity index (χ0n) is 7.79. The highest BCUT2D eigenvalue weighted by molar-refractivity contribution is 5.80. The Labute approximate surface area is 73.2 Å². The molecule has 0 saturated carbocycles. The number of hydrogen-bond donors (Lipinski definition) is 1. The lowest BCUT2D eigenvalue weighted by Gasteiger charge is -2.10. The van der Waals surface area contributed by atoms with Crippen LogP contribution in [0.1, 0.15) is 6.92 Å². The Morgan fingerprint density at radius 3 is 2.67 bits per heavy atom. The van der Waals surface area contributed by atoms with Gasteiger partial charge in [-0.3, -0.25) is 4.79 Å². The van der Waals surface area contributed by atoms with E-state index >= 15 is 0 Å². The largest absolute Gasteiger partial charge is 0.354 e. The topological polar surface area (TPSA) is 56.1 Å². The van der Waals surface area contributed by atoms with Crippen LogP contribution in [-0.2, 0) is 4.79 Å². The van der Waals surface area contributed by atoms with Gasteiger partial charge in [0.1, 0.15) is 5.92 Å². The first-order valence-electron chi connectivity index (χ1n) is 3.90. The minimum atomic E-state index is -0.549. The Bertz CT molecular complexity index is 183. The molecule has 0 aromatic heterocycles. The zero-order valence-corrected chi connectivity index (χ0v) is 7.79. The summed E-state index contributed by atoms with van der Waals surface area (Å²) in [5.74, 6) is -0.744. The smallest absolute Gasteiger partial charge is 0.237 e. The van der Waals surface area contributed by atoms with Crippen LogP contribution in [0.3, 0.4) is 0 Å². The van der Waals surface area contributed by atoms with Crippen LogP contribution in [0.2, 0.25) is 0 Å². The molecule has 0 saturated heterocycles. The number of nitriles is 1. The predicted molar refractivity (Wildman–Crippen MR) is 46.3 cm³/mol. The van der Waals surface area contributed by atoms with Crippen LogP contribution < -0.4 is 5.32 Å². The molecule has 0 aliphatic carbocycles. The third-order valence-electron chi connectivity index (χ3n) is 1.45. The summed E-state index contributed by atoms with van der Waals surface area (Å²) < 4.78 is 0. The Balaban J connectivity index is 3.53. The first kappa shape index (κ1) is 10.9. The summed E-state index contributed by atoms with van der Waals surface area (Å²) >= 11 is 0. The molecule has 1 N–H and O–H groups in total. The third-order valence-corrected chi connectivity index (χ3v) is 1.45. The first-order chi connectivity index (χ1) is 5.57. The maximum Gasteiger partial charge on any atom is 0.237 e. The van der Waals surface area contributed by atoms with Gasteiger partial charge >= 0.3 is 0 Å². The molecule has 0 aliphatic heterocycles. The third kappa shape index (κ3) is 4.69. The summed E-state index contributed by atoms with van der Waals surface area (Å²) in [7, 11) is 3.86. The molecule has 0 rings (SSSR count). The van der Waals surface area contributed by atoms with E-state index < -0.39 is 5.92 Å². The average molecular weight is 169 g/mol. The molecular formula is C8H15N3O. The molecule has 4 nitrogen and oxygen atoms in total. The van der Waals surface area contributed by atoms with E-state index in [2.05, 4.69) is 5.32 Å². The number of likely N-dealkylation sites (N-methyl/N-ethyl adjacent to an activating group) is 1. The molecule has 0 radical (unpaired) electrons. The van der Waals surface area contributed by atoms with E-state index in [1.54, 1.807) is 6.92 Å². The molecule has 0 fully saturated rings. The van der Waals surface area contributed by atoms with E-state index in [0.717, 1.165) is 6.54 Å². The second-order valence-electron chi connectivity index (χ2n) is 2.95. The van der Waals surface area contributed by atoms with Crippen molar-refractivity contribution in [1.29, 1.82) is 5.26 Å². The van der Waals surface area contributed by atoms with Gasteiger partial charge in [-0.05, 0) is 21.0 Å². The predicted octanol–water partition coefficient (Wildman–Crippen LogP) is -0.176. The second kappa shape index (κ2) is 5.56. The van der Waals surface area contributed by atoms with Crippen LogP contribution in [0.5, 0.6) is 0 Å². The van der Waals surface area contributed by atoms with Gasteiger partial charge in [0.15, 0.2) is 0 Å². The van der Waals surface area contributed by atoms with E-state index in [0.29, 0.717) is 6.54 Å². The SMILES string of the molecule is CC(C#N)C(=O)NCCN(C)C. The summed E-state index contributed by atoms with van der Waals surface area (Å²) in [5.41, 5.74) is 0. The van der Waals surface area contributed by atoms with Crippen LogP contribution in [0, 0.1) is 17.2 Å². The van der Waals surface area contributed by atoms with Gasteiger partial charge in [-0.2, -0.15) is 5.26 Å². The van der Waals surface area contributed by atoms with Crippen LogP contribution in [0.15, 0.2) is 0 Å². The van der Waals surface area contributed by atoms with Gasteiger partial charge in [0.25, 0.3) is 0 Å². The summed E-state index contributed by atoms with van der Waals surface area (Å²) in [4.78, 5) is 13.0. The van der Waals surface area contributed by atoms with Crippen LogP contribution >= 0.6 is 0 Å². The van der Waals surface area contributed by atoms with Gasteiger partial charge in [-0.1, -0.05) is 0 Å². The number of nitrogens with one attached hydrogen (secondary N) is 1. The molecule has 12 heavy (non-hydrogen) atoms. The molecule has 1 amide bonds. The van der Waals surface area contributed by atoms with E-state index in [1.165, 1.54) is 0 Å². The summed E-state index contributed by atoms with van der Waals surface area (Å²) in [6.07, 6.45) is 0. The van der Waals surface area contributed by atoms with Crippen molar-refractivity contribution in [2.24, 2.45) is 5.92 Å². The van der Waals surface area contributed by atoms with Crippen molar-refractivity contribution in [2.75, 3.05) is 27.2 Å². The molecule has 0 aromatic carbocycles. The van der Waals surface area contributed by atoms with Gasteiger partial charge < -0.3 is 10.2 Å². The molecular weight excluding hydrogens is 154 g/mol. The molecule has 0 aromatic rings. The standard InChI is InChI=1S/C8H15N3O/c1-7(6-9)8(12)10-4-5-11(2)3/h7H,4-5H2,1-3H3,(H,10,12). The van der Waals surface area contributed by atoms with E-state index in [-0.39, 0.29) is 5.91 Å². The van der Waals surface area contributed by atoms with E-state index in [4.69, 9.17) is 5.26 Å². The molecule has 1 unspecified atom stereocenters. The molecule has 0 aliphatic rings. The Kier molecular flexibility index (Phi) is 5.06. The van der Waals surface area contributed by atoms with Gasteiger partial charge in [0, 0.05) is 13.1 Å². The Morgan fingerprint density at radius 2 is 2.25 bits per heavy atom. The van der Waals surface area contributed by atoms with Crippen LogP contribution in [0.4, 0.5) is 0 Å². The number of nitrogens with zero attached hydrogens (tertiary/aromatic N) is 2. The Hall–Kier alpha value is -1.08. The quantitative estimate of drug-likeness (QED) is 0.635. The van der Waals surface area contributed by atoms with Crippen molar-refractivity contribution >= 4 is 5.91 Å². The maximum absolute atomic E-state index is 11.0. The minimum absolute atomic E-state index is 0.195. The van der Waals surface area contributed by atoms with Gasteiger partial charge in [-0.25, -0.2) is 0 Å². The minimum Gasteiger partial charge on any atom is -0.354 e. The molecule has 4 heteroatoms. The van der Waals surface area contributed by atoms with Crippen molar-refractivity contribution in [2.45, 2.75) is 6.92 Å². The van der Waals surface area contributed by atoms with Gasteiger partial charge in [0.2, 0.25) is 5.91 Å². The molecule has 68 valence electrons. The van der Waals surface area contributed by atoms with Crippen molar-refractivity contribution in [1.82, 2.24) is 10.2 Å². The molecule has 0 heterocycles. The lowest BCUT2D eigenvalue weighted by atomic mass is 10.2. The van der Waals surface area contributed by atoms with Crippen molar-refractivity contribution in [3.63, 3.8) is 0 Å². The number of rotatable bonds is 4. The fraction of sp³-hybridized carbons (Fsp3) is 0.750. The lowest BCUT2D eigenvalue weighted by molar-refractivity contribution is -0.122. The van der Waals surface area contributed by atoms with Crippen molar-refractivity contribution in [3.8, 4) is 6.07 Å². The van der Waals surface area contributed by atoms with E-state index in [1.807, 2.05) is 25.1 Å². The number of hydrogen-bond acceptors (Lipinski definition) is 3. The van der Waals surface area contributed by atoms with Gasteiger partial charge in [0.05, 0.1) is 6.07 Å². The average Bonchev–Trinajstić information content (AvgIpc) is 2.02. The highest BCUT2D eigenvalue weighted by Gasteiger charge is 2.09. The summed E-state index contributed by atoms with van der Waals surface area (Å²) in [6.45, 7) is 2.98. The zero-order chi connectivity index (χ0) is 9.56. The van der Waals surface area contributed by atoms with Crippen LogP contribution in [0.25, 0.3) is 0 Å². The summed E-state index contributed by atoms with van der Waals surface area (Å²) in [5, 5.41) is 11.1. The Morgan fingerprint density at radius 1 is 1.67 bits per heavy atom. The van der Waals surface area contributed by atoms with Crippen LogP contribution in [-0.4, -0.2) is 38.0 Å². The fourth-order valence-corrected chi connectivity index (χ4v) is 0.614. The highest BCUT2D eigenvalue weighted by atomic mass is 16.1. The monoisotopic (exact) mass is 169 g/mol. The van der Waals surface area contributed by atoms with Gasteiger partial charge in [-0.15, -0.1) is 0 Å². The number of amides is 1.